The standard InChI is InChI=1S/C10H21NS/c1-8(2)9-5-6-11(12)7-10(9,3)4/h8-9,12H,5-7H2,1-4H3. The van der Waals surface area contributed by atoms with Gasteiger partial charge < -0.3 is 0 Å². The molecule has 0 aromatic heterocycles. The molecule has 0 bridgehead atoms. The van der Waals surface area contributed by atoms with E-state index < -0.39 is 0 Å². The van der Waals surface area contributed by atoms with Crippen LogP contribution in [-0.4, -0.2) is 17.4 Å². The summed E-state index contributed by atoms with van der Waals surface area (Å²) in [7, 11) is 0. The summed E-state index contributed by atoms with van der Waals surface area (Å²) in [5.74, 6) is 1.67. The number of nitrogens with zero attached hydrogens (tertiary/aromatic N) is 1. The first-order chi connectivity index (χ1) is 5.43. The molecule has 1 rings (SSSR count). The minimum absolute atomic E-state index is 0.439. The predicted molar refractivity (Wildman–Crippen MR) is 57.3 cm³/mol. The third kappa shape index (κ3) is 2.17. The highest BCUT2D eigenvalue weighted by Gasteiger charge is 2.36. The van der Waals surface area contributed by atoms with E-state index >= 15 is 0 Å². The number of hydrogen-bond acceptors (Lipinski definition) is 2. The fourth-order valence-corrected chi connectivity index (χ4v) is 3.06. The Morgan fingerprint density at radius 1 is 1.42 bits per heavy atom. The molecule has 0 saturated carbocycles. The molecule has 72 valence electrons. The topological polar surface area (TPSA) is 3.24 Å². The van der Waals surface area contributed by atoms with Crippen molar-refractivity contribution < 1.29 is 0 Å². The second kappa shape index (κ2) is 3.59. The van der Waals surface area contributed by atoms with Crippen LogP contribution in [0, 0.1) is 17.3 Å². The molecule has 0 N–H and O–H groups in total. The minimum atomic E-state index is 0.439. The largest absolute Gasteiger partial charge is 0.253 e. The van der Waals surface area contributed by atoms with E-state index in [4.69, 9.17) is 0 Å². The van der Waals surface area contributed by atoms with Crippen molar-refractivity contribution in [2.45, 2.75) is 34.1 Å². The van der Waals surface area contributed by atoms with Crippen LogP contribution < -0.4 is 0 Å². The van der Waals surface area contributed by atoms with Crippen LogP contribution in [-0.2, 0) is 0 Å². The summed E-state index contributed by atoms with van der Waals surface area (Å²) in [5.41, 5.74) is 0.439. The van der Waals surface area contributed by atoms with Gasteiger partial charge >= 0.3 is 0 Å². The summed E-state index contributed by atoms with van der Waals surface area (Å²) in [6.07, 6.45) is 1.30. The first-order valence-corrected chi connectivity index (χ1v) is 5.27. The van der Waals surface area contributed by atoms with Gasteiger partial charge in [0.15, 0.2) is 0 Å². The average molecular weight is 187 g/mol. The van der Waals surface area contributed by atoms with E-state index in [-0.39, 0.29) is 0 Å². The Labute approximate surface area is 82.1 Å². The van der Waals surface area contributed by atoms with Crippen molar-refractivity contribution in [1.82, 2.24) is 4.31 Å². The van der Waals surface area contributed by atoms with Crippen molar-refractivity contribution in [3.05, 3.63) is 0 Å². The Morgan fingerprint density at radius 3 is 2.42 bits per heavy atom. The lowest BCUT2D eigenvalue weighted by atomic mass is 9.69. The van der Waals surface area contributed by atoms with Gasteiger partial charge in [0.25, 0.3) is 0 Å². The van der Waals surface area contributed by atoms with Crippen LogP contribution in [0.15, 0.2) is 0 Å². The van der Waals surface area contributed by atoms with Gasteiger partial charge in [0, 0.05) is 13.1 Å². The van der Waals surface area contributed by atoms with Crippen LogP contribution in [0.3, 0.4) is 0 Å². The third-order valence-electron chi connectivity index (χ3n) is 3.10. The van der Waals surface area contributed by atoms with E-state index in [0.29, 0.717) is 5.41 Å². The molecule has 1 heterocycles. The fraction of sp³-hybridized carbons (Fsp3) is 1.00. The van der Waals surface area contributed by atoms with Gasteiger partial charge in [-0.1, -0.05) is 40.5 Å². The van der Waals surface area contributed by atoms with E-state index in [0.717, 1.165) is 24.9 Å². The number of piperidine rings is 1. The highest BCUT2D eigenvalue weighted by atomic mass is 32.1. The van der Waals surface area contributed by atoms with E-state index in [1.165, 1.54) is 6.42 Å². The Kier molecular flexibility index (Phi) is 3.11. The summed E-state index contributed by atoms with van der Waals surface area (Å²) in [6, 6.07) is 0. The lowest BCUT2D eigenvalue weighted by Gasteiger charge is -2.44. The van der Waals surface area contributed by atoms with Gasteiger partial charge in [0.2, 0.25) is 0 Å². The van der Waals surface area contributed by atoms with Crippen molar-refractivity contribution >= 4 is 12.8 Å². The molecule has 0 aliphatic carbocycles. The predicted octanol–water partition coefficient (Wildman–Crippen LogP) is 2.84. The van der Waals surface area contributed by atoms with Gasteiger partial charge in [0.1, 0.15) is 0 Å². The molecular weight excluding hydrogens is 166 g/mol. The van der Waals surface area contributed by atoms with Gasteiger partial charge in [-0.05, 0) is 23.7 Å². The first kappa shape index (κ1) is 10.4. The summed E-state index contributed by atoms with van der Waals surface area (Å²) in [4.78, 5) is 0. The Morgan fingerprint density at radius 2 is 2.00 bits per heavy atom. The SMILES string of the molecule is CC(C)C1CCN(S)CC1(C)C. The molecule has 1 atom stereocenters. The zero-order valence-corrected chi connectivity index (χ0v) is 9.56. The van der Waals surface area contributed by atoms with Crippen molar-refractivity contribution in [2.24, 2.45) is 17.3 Å². The average Bonchev–Trinajstić information content (AvgIpc) is 1.82. The van der Waals surface area contributed by atoms with Crippen molar-refractivity contribution in [3.63, 3.8) is 0 Å². The highest BCUT2D eigenvalue weighted by molar-refractivity contribution is 7.77. The minimum Gasteiger partial charge on any atom is -0.253 e. The molecule has 1 fully saturated rings. The van der Waals surface area contributed by atoms with Crippen molar-refractivity contribution in [2.75, 3.05) is 13.1 Å². The summed E-state index contributed by atoms with van der Waals surface area (Å²) >= 11 is 4.42. The first-order valence-electron chi connectivity index (χ1n) is 4.87. The zero-order valence-electron chi connectivity index (χ0n) is 8.67. The van der Waals surface area contributed by atoms with E-state index in [2.05, 4.69) is 44.8 Å². The summed E-state index contributed by atoms with van der Waals surface area (Å²) in [5, 5.41) is 0. The summed E-state index contributed by atoms with van der Waals surface area (Å²) in [6.45, 7) is 11.7. The molecule has 0 aromatic rings. The maximum Gasteiger partial charge on any atom is 0.0141 e. The zero-order chi connectivity index (χ0) is 9.35. The molecule has 0 spiro atoms. The molecule has 1 saturated heterocycles. The van der Waals surface area contributed by atoms with Crippen LogP contribution in [0.25, 0.3) is 0 Å². The molecular formula is C10H21NS. The number of rotatable bonds is 1. The van der Waals surface area contributed by atoms with Crippen LogP contribution in [0.5, 0.6) is 0 Å². The molecule has 0 amide bonds. The molecule has 1 aliphatic heterocycles. The maximum absolute atomic E-state index is 4.42. The van der Waals surface area contributed by atoms with Gasteiger partial charge in [0.05, 0.1) is 0 Å². The van der Waals surface area contributed by atoms with E-state index in [9.17, 15) is 0 Å². The van der Waals surface area contributed by atoms with Gasteiger partial charge in [-0.25, -0.2) is 0 Å². The lowest BCUT2D eigenvalue weighted by molar-refractivity contribution is 0.0752. The molecule has 1 unspecified atom stereocenters. The molecule has 0 aromatic carbocycles. The Hall–Kier alpha value is 0.310. The third-order valence-corrected chi connectivity index (χ3v) is 3.44. The molecule has 1 nitrogen and oxygen atoms in total. The Bertz CT molecular complexity index is 154. The van der Waals surface area contributed by atoms with Crippen LogP contribution >= 0.6 is 12.8 Å². The molecule has 12 heavy (non-hydrogen) atoms. The molecule has 0 radical (unpaired) electrons. The van der Waals surface area contributed by atoms with Crippen LogP contribution in [0.4, 0.5) is 0 Å². The maximum atomic E-state index is 4.42. The smallest absolute Gasteiger partial charge is 0.0141 e. The Balaban J connectivity index is 2.64. The van der Waals surface area contributed by atoms with Crippen LogP contribution in [0.1, 0.15) is 34.1 Å². The highest BCUT2D eigenvalue weighted by Crippen LogP contribution is 2.39. The van der Waals surface area contributed by atoms with Crippen molar-refractivity contribution in [3.8, 4) is 0 Å². The van der Waals surface area contributed by atoms with Gasteiger partial charge in [-0.15, -0.1) is 0 Å². The monoisotopic (exact) mass is 187 g/mol. The van der Waals surface area contributed by atoms with E-state index in [1.807, 2.05) is 0 Å². The number of hydrogen-bond donors (Lipinski definition) is 1. The van der Waals surface area contributed by atoms with E-state index in [1.54, 1.807) is 0 Å². The van der Waals surface area contributed by atoms with Crippen LogP contribution in [0.2, 0.25) is 0 Å². The second-order valence-electron chi connectivity index (χ2n) is 5.02. The van der Waals surface area contributed by atoms with Gasteiger partial charge in [-0.3, -0.25) is 4.31 Å². The van der Waals surface area contributed by atoms with Gasteiger partial charge in [-0.2, -0.15) is 0 Å². The quantitative estimate of drug-likeness (QED) is 0.618. The second-order valence-corrected chi connectivity index (χ2v) is 5.58. The lowest BCUT2D eigenvalue weighted by Crippen LogP contribution is -2.43. The number of thiol groups is 1. The normalized spacial score (nSPS) is 31.0. The molecule has 2 heteroatoms. The fourth-order valence-electron chi connectivity index (χ4n) is 2.58. The molecule has 1 aliphatic rings. The summed E-state index contributed by atoms with van der Waals surface area (Å²) < 4.78 is 2.15. The van der Waals surface area contributed by atoms with Crippen molar-refractivity contribution in [1.29, 1.82) is 0 Å².